The van der Waals surface area contributed by atoms with Crippen molar-refractivity contribution in [2.24, 2.45) is 0 Å². The monoisotopic (exact) mass is 273 g/mol. The first-order valence-electron chi connectivity index (χ1n) is 6.41. The van der Waals surface area contributed by atoms with Crippen LogP contribution in [0.3, 0.4) is 0 Å². The molecular formula is C16H19NO3. The van der Waals surface area contributed by atoms with Crippen molar-refractivity contribution in [1.82, 2.24) is 0 Å². The van der Waals surface area contributed by atoms with Gasteiger partial charge in [0.2, 0.25) is 0 Å². The number of hydrogen-bond donors (Lipinski definition) is 2. The molecule has 0 aromatic heterocycles. The maximum Gasteiger partial charge on any atom is 0.124 e. The molecule has 106 valence electrons. The zero-order chi connectivity index (χ0) is 14.5. The number of benzene rings is 2. The van der Waals surface area contributed by atoms with E-state index in [1.807, 2.05) is 43.3 Å². The van der Waals surface area contributed by atoms with Crippen molar-refractivity contribution in [2.45, 2.75) is 13.0 Å². The maximum absolute atomic E-state index is 10.0. The third kappa shape index (κ3) is 3.15. The lowest BCUT2D eigenvalue weighted by molar-refractivity contribution is 0.406. The van der Waals surface area contributed by atoms with Crippen molar-refractivity contribution in [3.8, 4) is 17.2 Å². The third-order valence-corrected chi connectivity index (χ3v) is 3.16. The van der Waals surface area contributed by atoms with Gasteiger partial charge in [-0.1, -0.05) is 6.07 Å². The van der Waals surface area contributed by atoms with Crippen molar-refractivity contribution in [3.05, 3.63) is 48.0 Å². The Bertz CT molecular complexity index is 584. The minimum atomic E-state index is -0.0342. The van der Waals surface area contributed by atoms with Crippen molar-refractivity contribution in [1.29, 1.82) is 0 Å². The normalized spacial score (nSPS) is 11.8. The SMILES string of the molecule is COc1cccc(NC(C)c2ccc(OC)cc2O)c1. The van der Waals surface area contributed by atoms with E-state index in [2.05, 4.69) is 5.32 Å². The summed E-state index contributed by atoms with van der Waals surface area (Å²) in [6, 6.07) is 12.9. The number of phenols is 1. The Morgan fingerprint density at radius 2 is 1.70 bits per heavy atom. The molecule has 0 aliphatic heterocycles. The fourth-order valence-electron chi connectivity index (χ4n) is 2.06. The maximum atomic E-state index is 10.0. The fraction of sp³-hybridized carbons (Fsp3) is 0.250. The Hall–Kier alpha value is -2.36. The summed E-state index contributed by atoms with van der Waals surface area (Å²) in [6.45, 7) is 1.99. The van der Waals surface area contributed by atoms with Crippen LogP contribution in [-0.4, -0.2) is 19.3 Å². The first-order chi connectivity index (χ1) is 9.63. The van der Waals surface area contributed by atoms with Gasteiger partial charge in [-0.15, -0.1) is 0 Å². The van der Waals surface area contributed by atoms with E-state index in [4.69, 9.17) is 9.47 Å². The van der Waals surface area contributed by atoms with E-state index in [0.29, 0.717) is 5.75 Å². The van der Waals surface area contributed by atoms with E-state index in [9.17, 15) is 5.11 Å². The first-order valence-corrected chi connectivity index (χ1v) is 6.41. The summed E-state index contributed by atoms with van der Waals surface area (Å²) in [5, 5.41) is 13.4. The summed E-state index contributed by atoms with van der Waals surface area (Å²) >= 11 is 0. The van der Waals surface area contributed by atoms with Crippen LogP contribution in [0.25, 0.3) is 0 Å². The van der Waals surface area contributed by atoms with E-state index < -0.39 is 0 Å². The summed E-state index contributed by atoms with van der Waals surface area (Å²) in [5.74, 6) is 1.65. The second kappa shape index (κ2) is 6.19. The van der Waals surface area contributed by atoms with Crippen LogP contribution in [0, 0.1) is 0 Å². The van der Waals surface area contributed by atoms with Gasteiger partial charge in [-0.2, -0.15) is 0 Å². The number of phenolic OH excluding ortho intramolecular Hbond substituents is 1. The molecule has 0 aliphatic carbocycles. The van der Waals surface area contributed by atoms with Gasteiger partial charge >= 0.3 is 0 Å². The molecule has 2 aromatic carbocycles. The van der Waals surface area contributed by atoms with Crippen LogP contribution in [-0.2, 0) is 0 Å². The minimum Gasteiger partial charge on any atom is -0.507 e. The van der Waals surface area contributed by atoms with Crippen LogP contribution in [0.15, 0.2) is 42.5 Å². The Balaban J connectivity index is 2.16. The van der Waals surface area contributed by atoms with Gasteiger partial charge in [0.1, 0.15) is 17.2 Å². The summed E-state index contributed by atoms with van der Waals surface area (Å²) in [6.07, 6.45) is 0. The van der Waals surface area contributed by atoms with Crippen LogP contribution in [0.4, 0.5) is 5.69 Å². The lowest BCUT2D eigenvalue weighted by Crippen LogP contribution is -2.07. The number of anilines is 1. The van der Waals surface area contributed by atoms with Gasteiger partial charge in [0.15, 0.2) is 0 Å². The molecule has 1 atom stereocenters. The van der Waals surface area contributed by atoms with Crippen LogP contribution in [0.5, 0.6) is 17.2 Å². The van der Waals surface area contributed by atoms with E-state index in [1.165, 1.54) is 0 Å². The summed E-state index contributed by atoms with van der Waals surface area (Å²) < 4.78 is 10.3. The molecule has 0 heterocycles. The fourth-order valence-corrected chi connectivity index (χ4v) is 2.06. The first kappa shape index (κ1) is 14.1. The molecule has 0 aliphatic rings. The zero-order valence-corrected chi connectivity index (χ0v) is 11.9. The second-order valence-electron chi connectivity index (χ2n) is 4.52. The van der Waals surface area contributed by atoms with Crippen molar-refractivity contribution < 1.29 is 14.6 Å². The lowest BCUT2D eigenvalue weighted by atomic mass is 10.1. The molecule has 4 nitrogen and oxygen atoms in total. The molecule has 2 N–H and O–H groups in total. The highest BCUT2D eigenvalue weighted by molar-refractivity contribution is 5.51. The summed E-state index contributed by atoms with van der Waals surface area (Å²) in [7, 11) is 3.21. The quantitative estimate of drug-likeness (QED) is 0.874. The van der Waals surface area contributed by atoms with Crippen molar-refractivity contribution >= 4 is 5.69 Å². The molecule has 0 saturated heterocycles. The van der Waals surface area contributed by atoms with Crippen LogP contribution in [0.2, 0.25) is 0 Å². The van der Waals surface area contributed by atoms with E-state index >= 15 is 0 Å². The Kier molecular flexibility index (Phi) is 4.35. The van der Waals surface area contributed by atoms with E-state index in [-0.39, 0.29) is 11.8 Å². The Morgan fingerprint density at radius 1 is 1.00 bits per heavy atom. The van der Waals surface area contributed by atoms with Gasteiger partial charge < -0.3 is 19.9 Å². The highest BCUT2D eigenvalue weighted by Gasteiger charge is 2.11. The second-order valence-corrected chi connectivity index (χ2v) is 4.52. The van der Waals surface area contributed by atoms with Crippen LogP contribution >= 0.6 is 0 Å². The number of ether oxygens (including phenoxy) is 2. The minimum absolute atomic E-state index is 0.0342. The van der Waals surface area contributed by atoms with Crippen molar-refractivity contribution in [3.63, 3.8) is 0 Å². The van der Waals surface area contributed by atoms with Gasteiger partial charge in [-0.3, -0.25) is 0 Å². The number of hydrogen-bond acceptors (Lipinski definition) is 4. The topological polar surface area (TPSA) is 50.7 Å². The van der Waals surface area contributed by atoms with Gasteiger partial charge in [0, 0.05) is 23.4 Å². The molecule has 0 amide bonds. The molecule has 0 saturated carbocycles. The van der Waals surface area contributed by atoms with Gasteiger partial charge in [-0.05, 0) is 31.2 Å². The number of rotatable bonds is 5. The molecule has 2 aromatic rings. The number of methoxy groups -OCH3 is 2. The van der Waals surface area contributed by atoms with Gasteiger partial charge in [0.25, 0.3) is 0 Å². The average molecular weight is 273 g/mol. The number of nitrogens with one attached hydrogen (secondary N) is 1. The average Bonchev–Trinajstić information content (AvgIpc) is 2.47. The summed E-state index contributed by atoms with van der Waals surface area (Å²) in [5.41, 5.74) is 1.75. The van der Waals surface area contributed by atoms with Crippen LogP contribution in [0.1, 0.15) is 18.5 Å². The lowest BCUT2D eigenvalue weighted by Gasteiger charge is -2.18. The predicted octanol–water partition coefficient (Wildman–Crippen LogP) is 3.58. The van der Waals surface area contributed by atoms with Crippen LogP contribution < -0.4 is 14.8 Å². The van der Waals surface area contributed by atoms with Gasteiger partial charge in [0.05, 0.1) is 20.3 Å². The molecule has 0 radical (unpaired) electrons. The highest BCUT2D eigenvalue weighted by atomic mass is 16.5. The smallest absolute Gasteiger partial charge is 0.124 e. The van der Waals surface area contributed by atoms with Gasteiger partial charge in [-0.25, -0.2) is 0 Å². The molecule has 2 rings (SSSR count). The Labute approximate surface area is 119 Å². The Morgan fingerprint density at radius 3 is 2.35 bits per heavy atom. The standard InChI is InChI=1S/C16H19NO3/c1-11(15-8-7-14(20-3)10-16(15)18)17-12-5-4-6-13(9-12)19-2/h4-11,17-18H,1-3H3. The molecule has 4 heteroatoms. The molecule has 1 unspecified atom stereocenters. The highest BCUT2D eigenvalue weighted by Crippen LogP contribution is 2.30. The number of aromatic hydroxyl groups is 1. The molecule has 0 spiro atoms. The zero-order valence-electron chi connectivity index (χ0n) is 11.9. The van der Waals surface area contributed by atoms with Crippen molar-refractivity contribution in [2.75, 3.05) is 19.5 Å². The van der Waals surface area contributed by atoms with E-state index in [1.54, 1.807) is 20.3 Å². The molecule has 0 bridgehead atoms. The summed E-state index contributed by atoms with van der Waals surface area (Å²) in [4.78, 5) is 0. The van der Waals surface area contributed by atoms with E-state index in [0.717, 1.165) is 17.0 Å². The third-order valence-electron chi connectivity index (χ3n) is 3.16. The molecule has 20 heavy (non-hydrogen) atoms. The molecular weight excluding hydrogens is 254 g/mol. The molecule has 0 fully saturated rings. The largest absolute Gasteiger partial charge is 0.507 e. The predicted molar refractivity (Wildman–Crippen MR) is 79.7 cm³/mol.